The van der Waals surface area contributed by atoms with Crippen molar-refractivity contribution in [2.45, 2.75) is 49.2 Å². The van der Waals surface area contributed by atoms with E-state index in [-0.39, 0.29) is 29.0 Å². The van der Waals surface area contributed by atoms with Crippen molar-refractivity contribution >= 4 is 40.9 Å². The van der Waals surface area contributed by atoms with Crippen LogP contribution in [-0.4, -0.2) is 33.2 Å². The Hall–Kier alpha value is -3.00. The van der Waals surface area contributed by atoms with Crippen LogP contribution in [0.15, 0.2) is 47.4 Å². The molecule has 0 heterocycles. The van der Waals surface area contributed by atoms with Crippen molar-refractivity contribution < 1.29 is 24.6 Å². The van der Waals surface area contributed by atoms with Crippen molar-refractivity contribution in [1.82, 2.24) is 0 Å². The molecular weight excluding hydrogens is 416 g/mol. The maximum absolute atomic E-state index is 12.5. The summed E-state index contributed by atoms with van der Waals surface area (Å²) in [5, 5.41) is 23.9. The zero-order valence-corrected chi connectivity index (χ0v) is 18.1. The second-order valence-corrected chi connectivity index (χ2v) is 9.05. The molecule has 0 spiro atoms. The maximum atomic E-state index is 12.5. The summed E-state index contributed by atoms with van der Waals surface area (Å²) in [4.78, 5) is 37.0. The van der Waals surface area contributed by atoms with Crippen molar-refractivity contribution in [3.05, 3.63) is 48.0 Å². The smallest absolute Gasteiger partial charge is 0.339 e. The molecule has 2 amide bonds. The molecule has 1 aliphatic rings. The number of carboxylic acid groups (broad SMARTS) is 1. The molecule has 8 heteroatoms. The van der Waals surface area contributed by atoms with Crippen LogP contribution >= 0.6 is 11.8 Å². The lowest BCUT2D eigenvalue weighted by molar-refractivity contribution is -0.120. The SMILES string of the molecule is CC(Sc1cccc(NC(=O)C2CCCCC2)c1)C(=O)Nc1ccc(O)c(C(=O)O)c1. The number of benzene rings is 2. The second-order valence-electron chi connectivity index (χ2n) is 7.64. The molecule has 31 heavy (non-hydrogen) atoms. The van der Waals surface area contributed by atoms with Crippen LogP contribution in [0.5, 0.6) is 5.75 Å². The lowest BCUT2D eigenvalue weighted by atomic mass is 9.88. The van der Waals surface area contributed by atoms with Crippen LogP contribution in [0.1, 0.15) is 49.4 Å². The van der Waals surface area contributed by atoms with Crippen LogP contribution in [0.25, 0.3) is 0 Å². The molecular formula is C23H26N2O5S. The minimum absolute atomic E-state index is 0.0502. The number of amides is 2. The molecule has 0 radical (unpaired) electrons. The topological polar surface area (TPSA) is 116 Å². The van der Waals surface area contributed by atoms with Gasteiger partial charge in [-0.3, -0.25) is 9.59 Å². The van der Waals surface area contributed by atoms with Crippen LogP contribution in [0.2, 0.25) is 0 Å². The van der Waals surface area contributed by atoms with Crippen molar-refractivity contribution in [3.8, 4) is 5.75 Å². The van der Waals surface area contributed by atoms with E-state index in [1.807, 2.05) is 24.3 Å². The number of carbonyl (C=O) groups excluding carboxylic acids is 2. The second kappa shape index (κ2) is 10.3. The third-order valence-electron chi connectivity index (χ3n) is 5.25. The third kappa shape index (κ3) is 6.24. The number of phenols is 1. The Kier molecular flexibility index (Phi) is 7.57. The number of carbonyl (C=O) groups is 3. The van der Waals surface area contributed by atoms with E-state index in [9.17, 15) is 19.5 Å². The average molecular weight is 443 g/mol. The van der Waals surface area contributed by atoms with Crippen LogP contribution in [0, 0.1) is 5.92 Å². The molecule has 1 unspecified atom stereocenters. The minimum Gasteiger partial charge on any atom is -0.507 e. The van der Waals surface area contributed by atoms with Crippen LogP contribution in [-0.2, 0) is 9.59 Å². The van der Waals surface area contributed by atoms with E-state index in [1.54, 1.807) is 6.92 Å². The summed E-state index contributed by atoms with van der Waals surface area (Å²) >= 11 is 1.33. The normalized spacial score (nSPS) is 15.1. The molecule has 0 bridgehead atoms. The van der Waals surface area contributed by atoms with Gasteiger partial charge >= 0.3 is 5.97 Å². The Balaban J connectivity index is 1.59. The lowest BCUT2D eigenvalue weighted by Gasteiger charge is -2.21. The van der Waals surface area contributed by atoms with Gasteiger partial charge in [0.05, 0.1) is 5.25 Å². The fraction of sp³-hybridized carbons (Fsp3) is 0.348. The van der Waals surface area contributed by atoms with Gasteiger partial charge in [0, 0.05) is 22.2 Å². The van der Waals surface area contributed by atoms with Gasteiger partial charge in [-0.2, -0.15) is 0 Å². The fourth-order valence-electron chi connectivity index (χ4n) is 3.54. The van der Waals surface area contributed by atoms with E-state index in [0.29, 0.717) is 11.4 Å². The monoisotopic (exact) mass is 442 g/mol. The van der Waals surface area contributed by atoms with Gasteiger partial charge < -0.3 is 20.8 Å². The van der Waals surface area contributed by atoms with Crippen molar-refractivity contribution in [1.29, 1.82) is 0 Å². The largest absolute Gasteiger partial charge is 0.507 e. The fourth-order valence-corrected chi connectivity index (χ4v) is 4.47. The number of aromatic carboxylic acids is 1. The first-order chi connectivity index (χ1) is 14.8. The third-order valence-corrected chi connectivity index (χ3v) is 6.35. The quantitative estimate of drug-likeness (QED) is 0.364. The molecule has 0 saturated heterocycles. The van der Waals surface area contributed by atoms with Crippen molar-refractivity contribution in [3.63, 3.8) is 0 Å². The molecule has 1 fully saturated rings. The van der Waals surface area contributed by atoms with Crippen LogP contribution < -0.4 is 10.6 Å². The van der Waals surface area contributed by atoms with Crippen LogP contribution in [0.4, 0.5) is 11.4 Å². The highest BCUT2D eigenvalue weighted by molar-refractivity contribution is 8.00. The minimum atomic E-state index is -1.27. The summed E-state index contributed by atoms with van der Waals surface area (Å²) in [6.45, 7) is 1.74. The zero-order valence-electron chi connectivity index (χ0n) is 17.3. The number of hydrogen-bond donors (Lipinski definition) is 4. The van der Waals surface area contributed by atoms with Gasteiger partial charge in [-0.15, -0.1) is 11.8 Å². The van der Waals surface area contributed by atoms with E-state index in [0.717, 1.165) is 30.6 Å². The van der Waals surface area contributed by atoms with E-state index < -0.39 is 11.2 Å². The average Bonchev–Trinajstić information content (AvgIpc) is 2.75. The van der Waals surface area contributed by atoms with Crippen LogP contribution in [0.3, 0.4) is 0 Å². The zero-order chi connectivity index (χ0) is 22.4. The predicted molar refractivity (Wildman–Crippen MR) is 121 cm³/mol. The summed E-state index contributed by atoms with van der Waals surface area (Å²) < 4.78 is 0. The number of hydrogen-bond acceptors (Lipinski definition) is 5. The van der Waals surface area contributed by atoms with Gasteiger partial charge in [0.15, 0.2) is 0 Å². The van der Waals surface area contributed by atoms with E-state index in [4.69, 9.17) is 5.11 Å². The molecule has 3 rings (SSSR count). The summed E-state index contributed by atoms with van der Waals surface area (Å²) in [6.07, 6.45) is 5.24. The van der Waals surface area contributed by atoms with Gasteiger partial charge in [-0.25, -0.2) is 4.79 Å². The van der Waals surface area contributed by atoms with Gasteiger partial charge in [0.1, 0.15) is 11.3 Å². The summed E-state index contributed by atoms with van der Waals surface area (Å²) in [5.41, 5.74) is 0.721. The Morgan fingerprint density at radius 2 is 1.71 bits per heavy atom. The Morgan fingerprint density at radius 1 is 1.00 bits per heavy atom. The number of carboxylic acids is 1. The number of thioether (sulfide) groups is 1. The molecule has 4 N–H and O–H groups in total. The molecule has 1 saturated carbocycles. The van der Waals surface area contributed by atoms with Gasteiger partial charge in [-0.1, -0.05) is 25.3 Å². The number of nitrogens with one attached hydrogen (secondary N) is 2. The standard InChI is InChI=1S/C23H26N2O5S/c1-14(21(27)24-17-10-11-20(26)19(13-17)23(29)30)31-18-9-5-8-16(12-18)25-22(28)15-6-3-2-4-7-15/h5,8-15,26H,2-4,6-7H2,1H3,(H,24,27)(H,25,28)(H,29,30). The first-order valence-corrected chi connectivity index (χ1v) is 11.2. The van der Waals surface area contributed by atoms with Gasteiger partial charge in [0.25, 0.3) is 0 Å². The molecule has 1 aliphatic carbocycles. The summed E-state index contributed by atoms with van der Waals surface area (Å²) in [6, 6.07) is 11.3. The Labute approximate surface area is 185 Å². The molecule has 2 aromatic rings. The van der Waals surface area contributed by atoms with Crippen molar-refractivity contribution in [2.24, 2.45) is 5.92 Å². The Morgan fingerprint density at radius 3 is 2.42 bits per heavy atom. The molecule has 164 valence electrons. The molecule has 0 aromatic heterocycles. The summed E-state index contributed by atoms with van der Waals surface area (Å²) in [5.74, 6) is -1.82. The van der Waals surface area contributed by atoms with Crippen molar-refractivity contribution in [2.75, 3.05) is 10.6 Å². The number of aromatic hydroxyl groups is 1. The number of rotatable bonds is 7. The number of anilines is 2. The molecule has 7 nitrogen and oxygen atoms in total. The van der Waals surface area contributed by atoms with E-state index in [2.05, 4.69) is 10.6 Å². The predicted octanol–water partition coefficient (Wildman–Crippen LogP) is 4.73. The lowest BCUT2D eigenvalue weighted by Crippen LogP contribution is -2.24. The first-order valence-electron chi connectivity index (χ1n) is 10.3. The molecule has 2 aromatic carbocycles. The highest BCUT2D eigenvalue weighted by Crippen LogP contribution is 2.29. The first kappa shape index (κ1) is 22.7. The summed E-state index contributed by atoms with van der Waals surface area (Å²) in [7, 11) is 0. The van der Waals surface area contributed by atoms with E-state index >= 15 is 0 Å². The highest BCUT2D eigenvalue weighted by Gasteiger charge is 2.21. The molecule has 1 atom stereocenters. The molecule has 0 aliphatic heterocycles. The van der Waals surface area contributed by atoms with Gasteiger partial charge in [-0.05, 0) is 56.2 Å². The van der Waals surface area contributed by atoms with E-state index in [1.165, 1.54) is 36.4 Å². The maximum Gasteiger partial charge on any atom is 0.339 e. The highest BCUT2D eigenvalue weighted by atomic mass is 32.2. The van der Waals surface area contributed by atoms with Gasteiger partial charge in [0.2, 0.25) is 11.8 Å². The Bertz CT molecular complexity index is 972.